The number of nitrogens with zero attached hydrogens (tertiary/aromatic N) is 1. The molecule has 2 unspecified atom stereocenters. The van der Waals surface area contributed by atoms with Crippen molar-refractivity contribution in [3.05, 3.63) is 12.2 Å². The predicted octanol–water partition coefficient (Wildman–Crippen LogP) is 1.27. The van der Waals surface area contributed by atoms with Gasteiger partial charge < -0.3 is 10.0 Å². The number of amides is 1. The molecule has 0 spiro atoms. The van der Waals surface area contributed by atoms with Crippen LogP contribution in [-0.2, 0) is 9.59 Å². The Kier molecular flexibility index (Phi) is 3.88. The van der Waals surface area contributed by atoms with Gasteiger partial charge in [0.25, 0.3) is 0 Å². The molecule has 84 valence electrons. The van der Waals surface area contributed by atoms with Crippen LogP contribution >= 0.6 is 0 Å². The van der Waals surface area contributed by atoms with Gasteiger partial charge in [0.05, 0.1) is 0 Å². The summed E-state index contributed by atoms with van der Waals surface area (Å²) in [5, 5.41) is 8.42. The second-order valence-electron chi connectivity index (χ2n) is 4.06. The molecule has 1 rings (SSSR count). The van der Waals surface area contributed by atoms with Gasteiger partial charge in [-0.05, 0) is 25.7 Å². The molecular formula is C11H17NO3. The van der Waals surface area contributed by atoms with Crippen molar-refractivity contribution in [2.45, 2.75) is 32.7 Å². The second-order valence-corrected chi connectivity index (χ2v) is 4.06. The number of aliphatic carboxylic acids is 1. The number of carbonyl (C=O) groups is 2. The Morgan fingerprint density at radius 2 is 2.00 bits per heavy atom. The van der Waals surface area contributed by atoms with Gasteiger partial charge in [0.2, 0.25) is 5.91 Å². The normalized spacial score (nSPS) is 26.9. The molecule has 0 saturated carbocycles. The Bertz CT molecular complexity index is 286. The molecule has 0 bridgehead atoms. The van der Waals surface area contributed by atoms with Crippen LogP contribution in [0.25, 0.3) is 0 Å². The molecule has 1 heterocycles. The lowest BCUT2D eigenvalue weighted by Crippen LogP contribution is -2.45. The fraction of sp³-hybridized carbons (Fsp3) is 0.636. The molecule has 4 nitrogen and oxygen atoms in total. The van der Waals surface area contributed by atoms with Gasteiger partial charge in [-0.1, -0.05) is 6.92 Å². The third-order valence-electron chi connectivity index (χ3n) is 3.03. The summed E-state index contributed by atoms with van der Waals surface area (Å²) in [4.78, 5) is 23.7. The standard InChI is InChI=1S/C11H17NO3/c1-8-4-3-7-12(9(8)2)10(13)5-6-11(14)15/h5-6,8-9H,3-4,7H2,1-2H3,(H,14,15)/b6-5+. The maximum Gasteiger partial charge on any atom is 0.328 e. The second kappa shape index (κ2) is 4.96. The molecule has 2 atom stereocenters. The zero-order valence-corrected chi connectivity index (χ0v) is 9.14. The molecule has 1 aliphatic rings. The van der Waals surface area contributed by atoms with Gasteiger partial charge >= 0.3 is 5.97 Å². The number of carbonyl (C=O) groups excluding carboxylic acids is 1. The van der Waals surface area contributed by atoms with Gasteiger partial charge in [-0.3, -0.25) is 4.79 Å². The maximum absolute atomic E-state index is 11.6. The van der Waals surface area contributed by atoms with Crippen LogP contribution < -0.4 is 0 Å². The van der Waals surface area contributed by atoms with Gasteiger partial charge in [0.1, 0.15) is 0 Å². The smallest absolute Gasteiger partial charge is 0.328 e. The van der Waals surface area contributed by atoms with Gasteiger partial charge in [0.15, 0.2) is 0 Å². The first kappa shape index (κ1) is 11.8. The van der Waals surface area contributed by atoms with E-state index in [1.54, 1.807) is 4.90 Å². The van der Waals surface area contributed by atoms with Crippen LogP contribution in [0.2, 0.25) is 0 Å². The Morgan fingerprint density at radius 1 is 1.33 bits per heavy atom. The van der Waals surface area contributed by atoms with E-state index in [0.717, 1.165) is 31.5 Å². The van der Waals surface area contributed by atoms with Crippen molar-refractivity contribution in [1.82, 2.24) is 4.90 Å². The maximum atomic E-state index is 11.6. The zero-order valence-electron chi connectivity index (χ0n) is 9.14. The molecule has 4 heteroatoms. The number of carboxylic acid groups (broad SMARTS) is 1. The first-order chi connectivity index (χ1) is 7.02. The minimum Gasteiger partial charge on any atom is -0.478 e. The van der Waals surface area contributed by atoms with Crippen LogP contribution in [0.4, 0.5) is 0 Å². The highest BCUT2D eigenvalue weighted by atomic mass is 16.4. The van der Waals surface area contributed by atoms with Crippen LogP contribution in [-0.4, -0.2) is 34.5 Å². The lowest BCUT2D eigenvalue weighted by molar-refractivity contribution is -0.133. The SMILES string of the molecule is CC1CCCN(C(=O)/C=C/C(=O)O)C1C. The predicted molar refractivity (Wildman–Crippen MR) is 56.3 cm³/mol. The third-order valence-corrected chi connectivity index (χ3v) is 3.03. The van der Waals surface area contributed by atoms with Crippen LogP contribution in [0.1, 0.15) is 26.7 Å². The zero-order chi connectivity index (χ0) is 11.4. The summed E-state index contributed by atoms with van der Waals surface area (Å²) in [5.74, 6) is -0.793. The summed E-state index contributed by atoms with van der Waals surface area (Å²) in [7, 11) is 0. The summed E-state index contributed by atoms with van der Waals surface area (Å²) in [6.45, 7) is 4.86. The van der Waals surface area contributed by atoms with Crippen LogP contribution in [0.5, 0.6) is 0 Å². The van der Waals surface area contributed by atoms with Crippen molar-refractivity contribution in [1.29, 1.82) is 0 Å². The number of piperidine rings is 1. The van der Waals surface area contributed by atoms with E-state index in [1.807, 2.05) is 6.92 Å². The summed E-state index contributed by atoms with van der Waals surface area (Å²) in [6, 6.07) is 0.199. The van der Waals surface area contributed by atoms with Gasteiger partial charge in [0, 0.05) is 24.7 Å². The molecule has 0 aliphatic carbocycles. The van der Waals surface area contributed by atoms with E-state index in [0.29, 0.717) is 5.92 Å². The number of carboxylic acids is 1. The first-order valence-electron chi connectivity index (χ1n) is 5.24. The molecule has 1 aliphatic heterocycles. The molecule has 15 heavy (non-hydrogen) atoms. The molecule has 0 radical (unpaired) electrons. The fourth-order valence-corrected chi connectivity index (χ4v) is 1.88. The van der Waals surface area contributed by atoms with E-state index >= 15 is 0 Å². The lowest BCUT2D eigenvalue weighted by atomic mass is 9.92. The summed E-state index contributed by atoms with van der Waals surface area (Å²) < 4.78 is 0. The number of rotatable bonds is 2. The van der Waals surface area contributed by atoms with E-state index in [-0.39, 0.29) is 11.9 Å². The molecule has 1 saturated heterocycles. The summed E-state index contributed by atoms with van der Waals surface area (Å²) in [5.41, 5.74) is 0. The average Bonchev–Trinajstić information content (AvgIpc) is 2.18. The van der Waals surface area contributed by atoms with Gasteiger partial charge in [-0.25, -0.2) is 4.79 Å². The Hall–Kier alpha value is -1.32. The molecule has 1 N–H and O–H groups in total. The minimum absolute atomic E-state index is 0.198. The number of hydrogen-bond donors (Lipinski definition) is 1. The molecule has 1 fully saturated rings. The Morgan fingerprint density at radius 3 is 2.60 bits per heavy atom. The fourth-order valence-electron chi connectivity index (χ4n) is 1.88. The number of likely N-dealkylation sites (tertiary alicyclic amines) is 1. The van der Waals surface area contributed by atoms with Crippen LogP contribution in [0, 0.1) is 5.92 Å². The van der Waals surface area contributed by atoms with E-state index in [4.69, 9.17) is 5.11 Å². The van der Waals surface area contributed by atoms with Gasteiger partial charge in [-0.15, -0.1) is 0 Å². The first-order valence-corrected chi connectivity index (χ1v) is 5.24. The Balaban J connectivity index is 2.62. The van der Waals surface area contributed by atoms with Crippen molar-refractivity contribution in [2.24, 2.45) is 5.92 Å². The molecule has 0 aromatic rings. The van der Waals surface area contributed by atoms with E-state index in [9.17, 15) is 9.59 Å². The van der Waals surface area contributed by atoms with Crippen molar-refractivity contribution in [3.63, 3.8) is 0 Å². The highest BCUT2D eigenvalue weighted by molar-refractivity contribution is 5.94. The molecule has 0 aromatic heterocycles. The van der Waals surface area contributed by atoms with Crippen molar-refractivity contribution < 1.29 is 14.7 Å². The summed E-state index contributed by atoms with van der Waals surface area (Å²) >= 11 is 0. The minimum atomic E-state index is -1.08. The third kappa shape index (κ3) is 3.08. The highest BCUT2D eigenvalue weighted by Gasteiger charge is 2.26. The molecule has 1 amide bonds. The Labute approximate surface area is 89.6 Å². The van der Waals surface area contributed by atoms with Crippen molar-refractivity contribution >= 4 is 11.9 Å². The van der Waals surface area contributed by atoms with Crippen LogP contribution in [0.15, 0.2) is 12.2 Å². The highest BCUT2D eigenvalue weighted by Crippen LogP contribution is 2.22. The van der Waals surface area contributed by atoms with E-state index in [2.05, 4.69) is 6.92 Å². The van der Waals surface area contributed by atoms with Gasteiger partial charge in [-0.2, -0.15) is 0 Å². The average molecular weight is 211 g/mol. The van der Waals surface area contributed by atoms with Crippen LogP contribution in [0.3, 0.4) is 0 Å². The molecular weight excluding hydrogens is 194 g/mol. The number of hydrogen-bond acceptors (Lipinski definition) is 2. The van der Waals surface area contributed by atoms with Crippen molar-refractivity contribution in [3.8, 4) is 0 Å². The van der Waals surface area contributed by atoms with Crippen molar-refractivity contribution in [2.75, 3.05) is 6.54 Å². The summed E-state index contributed by atoms with van der Waals surface area (Å²) in [6.07, 6.45) is 4.16. The van der Waals surface area contributed by atoms with E-state index in [1.165, 1.54) is 0 Å². The topological polar surface area (TPSA) is 57.6 Å². The lowest BCUT2D eigenvalue weighted by Gasteiger charge is -2.37. The molecule has 0 aromatic carbocycles. The quantitative estimate of drug-likeness (QED) is 0.700. The van der Waals surface area contributed by atoms with E-state index < -0.39 is 5.97 Å². The largest absolute Gasteiger partial charge is 0.478 e. The monoisotopic (exact) mass is 211 g/mol.